The van der Waals surface area contributed by atoms with Gasteiger partial charge in [0.05, 0.1) is 13.1 Å². The van der Waals surface area contributed by atoms with Crippen LogP contribution in [0.5, 0.6) is 0 Å². The van der Waals surface area contributed by atoms with E-state index < -0.39 is 22.9 Å². The number of fused-ring (bicyclic) bond motifs is 1. The fourth-order valence-electron chi connectivity index (χ4n) is 4.05. The molecule has 0 bridgehead atoms. The maximum absolute atomic E-state index is 13.6. The third-order valence-electron chi connectivity index (χ3n) is 5.88. The Morgan fingerprint density at radius 3 is 2.61 bits per heavy atom. The Bertz CT molecular complexity index is 1250. The van der Waals surface area contributed by atoms with Crippen LogP contribution in [0.25, 0.3) is 11.2 Å². The fraction of sp³-hybridized carbons (Fsp3) is 0.500. The second-order valence-corrected chi connectivity index (χ2v) is 8.31. The summed E-state index contributed by atoms with van der Waals surface area (Å²) in [6.07, 6.45) is 4.84. The normalized spacial score (nSPS) is 14.8. The van der Waals surface area contributed by atoms with E-state index in [9.17, 15) is 18.4 Å². The molecule has 11 heteroatoms. The van der Waals surface area contributed by atoms with Crippen molar-refractivity contribution in [2.45, 2.75) is 38.8 Å². The van der Waals surface area contributed by atoms with E-state index in [1.165, 1.54) is 36.9 Å². The molecule has 0 spiro atoms. The molecule has 1 aliphatic heterocycles. The van der Waals surface area contributed by atoms with Gasteiger partial charge in [-0.05, 0) is 63.1 Å². The van der Waals surface area contributed by atoms with Crippen LogP contribution < -0.4 is 16.6 Å². The van der Waals surface area contributed by atoms with Gasteiger partial charge in [0.15, 0.2) is 28.6 Å². The molecule has 3 aromatic rings. The average molecular weight is 460 g/mol. The molecule has 176 valence electrons. The SMILES string of the molecule is Cn1c(=O)c2nc(CNCCCN3CCCCC3)nnc2n(Cc2ccc(F)c(F)c2)c1=O. The minimum atomic E-state index is -1.02. The van der Waals surface area contributed by atoms with Crippen molar-refractivity contribution < 1.29 is 8.78 Å². The molecular weight excluding hydrogens is 432 g/mol. The highest BCUT2D eigenvalue weighted by atomic mass is 19.2. The summed E-state index contributed by atoms with van der Waals surface area (Å²) in [5.74, 6) is -1.66. The second-order valence-electron chi connectivity index (χ2n) is 8.31. The van der Waals surface area contributed by atoms with E-state index in [2.05, 4.69) is 25.4 Å². The number of likely N-dealkylation sites (tertiary alicyclic amines) is 1. The van der Waals surface area contributed by atoms with Crippen molar-refractivity contribution >= 4 is 11.2 Å². The van der Waals surface area contributed by atoms with Gasteiger partial charge in [0.1, 0.15) is 0 Å². The Morgan fingerprint density at radius 2 is 1.85 bits per heavy atom. The Labute approximate surface area is 189 Å². The van der Waals surface area contributed by atoms with Crippen LogP contribution in [-0.2, 0) is 20.1 Å². The zero-order valence-corrected chi connectivity index (χ0v) is 18.6. The average Bonchev–Trinajstić information content (AvgIpc) is 2.83. The summed E-state index contributed by atoms with van der Waals surface area (Å²) in [5.41, 5.74) is -0.881. The van der Waals surface area contributed by atoms with Crippen LogP contribution in [0.1, 0.15) is 37.1 Å². The van der Waals surface area contributed by atoms with Crippen LogP contribution in [0, 0.1) is 11.6 Å². The molecule has 0 unspecified atom stereocenters. The van der Waals surface area contributed by atoms with Crippen molar-refractivity contribution in [3.05, 3.63) is 62.1 Å². The predicted octanol–water partition coefficient (Wildman–Crippen LogP) is 1.18. The van der Waals surface area contributed by atoms with Crippen molar-refractivity contribution in [1.82, 2.24) is 34.5 Å². The molecule has 4 rings (SSSR count). The van der Waals surface area contributed by atoms with Crippen molar-refractivity contribution in [3.63, 3.8) is 0 Å². The molecule has 1 saturated heterocycles. The Hall–Kier alpha value is -3.05. The number of hydrogen-bond acceptors (Lipinski definition) is 7. The number of aromatic nitrogens is 5. The molecule has 1 aliphatic rings. The van der Waals surface area contributed by atoms with E-state index in [1.807, 2.05) is 0 Å². The highest BCUT2D eigenvalue weighted by Crippen LogP contribution is 2.11. The monoisotopic (exact) mass is 459 g/mol. The van der Waals surface area contributed by atoms with Crippen molar-refractivity contribution in [1.29, 1.82) is 0 Å². The maximum atomic E-state index is 13.6. The van der Waals surface area contributed by atoms with E-state index >= 15 is 0 Å². The number of halogens is 2. The van der Waals surface area contributed by atoms with Crippen LogP contribution in [0.2, 0.25) is 0 Å². The van der Waals surface area contributed by atoms with Gasteiger partial charge in [-0.15, -0.1) is 10.2 Å². The Balaban J connectivity index is 1.49. The second kappa shape index (κ2) is 10.3. The third kappa shape index (κ3) is 5.31. The molecule has 1 N–H and O–H groups in total. The molecule has 33 heavy (non-hydrogen) atoms. The molecule has 0 radical (unpaired) electrons. The number of benzene rings is 1. The molecule has 2 aromatic heterocycles. The van der Waals surface area contributed by atoms with Crippen LogP contribution in [0.4, 0.5) is 8.78 Å². The highest BCUT2D eigenvalue weighted by Gasteiger charge is 2.16. The van der Waals surface area contributed by atoms with Crippen LogP contribution in [-0.4, -0.2) is 55.4 Å². The summed E-state index contributed by atoms with van der Waals surface area (Å²) in [6, 6.07) is 3.35. The minimum absolute atomic E-state index is 0.000185. The third-order valence-corrected chi connectivity index (χ3v) is 5.88. The fourth-order valence-corrected chi connectivity index (χ4v) is 4.05. The summed E-state index contributed by atoms with van der Waals surface area (Å²) in [7, 11) is 1.34. The first-order valence-corrected chi connectivity index (χ1v) is 11.1. The summed E-state index contributed by atoms with van der Waals surface area (Å²) < 4.78 is 29.0. The summed E-state index contributed by atoms with van der Waals surface area (Å²) >= 11 is 0. The first-order chi connectivity index (χ1) is 15.9. The van der Waals surface area contributed by atoms with Crippen molar-refractivity contribution in [3.8, 4) is 0 Å². The van der Waals surface area contributed by atoms with Gasteiger partial charge in [0, 0.05) is 7.05 Å². The van der Waals surface area contributed by atoms with E-state index in [0.29, 0.717) is 17.9 Å². The lowest BCUT2D eigenvalue weighted by atomic mass is 10.1. The quantitative estimate of drug-likeness (QED) is 0.505. The number of piperidine rings is 1. The summed E-state index contributed by atoms with van der Waals surface area (Å²) in [6.45, 7) is 4.38. The Morgan fingerprint density at radius 1 is 1.06 bits per heavy atom. The van der Waals surface area contributed by atoms with Gasteiger partial charge in [0.2, 0.25) is 0 Å². The van der Waals surface area contributed by atoms with E-state index in [4.69, 9.17) is 0 Å². The number of nitrogens with zero attached hydrogens (tertiary/aromatic N) is 6. The van der Waals surface area contributed by atoms with Gasteiger partial charge in [-0.2, -0.15) is 0 Å². The largest absolute Gasteiger partial charge is 0.332 e. The summed E-state index contributed by atoms with van der Waals surface area (Å²) in [5, 5.41) is 11.4. The first kappa shape index (κ1) is 23.1. The smallest absolute Gasteiger partial charge is 0.310 e. The molecule has 1 fully saturated rings. The van der Waals surface area contributed by atoms with E-state index in [0.717, 1.165) is 49.3 Å². The van der Waals surface area contributed by atoms with Gasteiger partial charge in [-0.3, -0.25) is 13.9 Å². The highest BCUT2D eigenvalue weighted by molar-refractivity contribution is 5.68. The van der Waals surface area contributed by atoms with Gasteiger partial charge in [0.25, 0.3) is 5.56 Å². The van der Waals surface area contributed by atoms with Crippen LogP contribution in [0.3, 0.4) is 0 Å². The zero-order chi connectivity index (χ0) is 23.4. The lowest BCUT2D eigenvalue weighted by Crippen LogP contribution is -2.39. The molecule has 1 aromatic carbocycles. The first-order valence-electron chi connectivity index (χ1n) is 11.1. The van der Waals surface area contributed by atoms with Crippen LogP contribution in [0.15, 0.2) is 27.8 Å². The van der Waals surface area contributed by atoms with Crippen molar-refractivity contribution in [2.24, 2.45) is 7.05 Å². The molecule has 0 amide bonds. The molecular formula is C22H27F2N7O2. The predicted molar refractivity (Wildman–Crippen MR) is 119 cm³/mol. The van der Waals surface area contributed by atoms with E-state index in [-0.39, 0.29) is 17.7 Å². The lowest BCUT2D eigenvalue weighted by molar-refractivity contribution is 0.225. The summed E-state index contributed by atoms with van der Waals surface area (Å²) in [4.78, 5) is 32.1. The standard InChI is InChI=1S/C22H27F2N7O2/c1-29-21(32)19-20(31(22(29)33)14-15-6-7-16(23)17(24)12-15)28-27-18(26-19)13-25-8-5-11-30-9-3-2-4-10-30/h6-7,12,25H,2-5,8-11,13-14H2,1H3. The van der Waals surface area contributed by atoms with Gasteiger partial charge in [-0.1, -0.05) is 12.5 Å². The Kier molecular flexibility index (Phi) is 7.19. The zero-order valence-electron chi connectivity index (χ0n) is 18.6. The van der Waals surface area contributed by atoms with Crippen LogP contribution >= 0.6 is 0 Å². The molecule has 9 nitrogen and oxygen atoms in total. The minimum Gasteiger partial charge on any atom is -0.310 e. The lowest BCUT2D eigenvalue weighted by Gasteiger charge is -2.26. The van der Waals surface area contributed by atoms with E-state index in [1.54, 1.807) is 0 Å². The van der Waals surface area contributed by atoms with Gasteiger partial charge >= 0.3 is 5.69 Å². The van der Waals surface area contributed by atoms with Crippen molar-refractivity contribution in [2.75, 3.05) is 26.2 Å². The molecule has 0 atom stereocenters. The number of rotatable bonds is 8. The van der Waals surface area contributed by atoms with Gasteiger partial charge < -0.3 is 10.2 Å². The van der Waals surface area contributed by atoms with Gasteiger partial charge in [-0.25, -0.2) is 18.6 Å². The maximum Gasteiger partial charge on any atom is 0.332 e. The number of nitrogens with one attached hydrogen (secondary N) is 1. The molecule has 3 heterocycles. The number of hydrogen-bond donors (Lipinski definition) is 1. The topological polar surface area (TPSA) is 97.9 Å². The molecule has 0 aliphatic carbocycles. The molecule has 0 saturated carbocycles.